The second-order valence-corrected chi connectivity index (χ2v) is 4.39. The van der Waals surface area contributed by atoms with Crippen LogP contribution in [0.1, 0.15) is 0 Å². The Morgan fingerprint density at radius 3 is 2.71 bits per heavy atom. The van der Waals surface area contributed by atoms with Crippen LogP contribution in [0.3, 0.4) is 0 Å². The van der Waals surface area contributed by atoms with E-state index in [1.165, 1.54) is 0 Å². The van der Waals surface area contributed by atoms with Crippen LogP contribution in [0.25, 0.3) is 0 Å². The van der Waals surface area contributed by atoms with Crippen LogP contribution in [0.2, 0.25) is 5.02 Å². The van der Waals surface area contributed by atoms with E-state index in [2.05, 4.69) is 4.84 Å². The van der Waals surface area contributed by atoms with E-state index in [1.807, 2.05) is 0 Å². The molecule has 0 aliphatic heterocycles. The fraction of sp³-hybridized carbons (Fsp3) is 0.143. The number of hydrogen-bond donors (Lipinski definition) is 1. The summed E-state index contributed by atoms with van der Waals surface area (Å²) < 4.78 is 35.4. The van der Waals surface area contributed by atoms with Crippen LogP contribution >= 0.6 is 11.6 Å². The summed E-state index contributed by atoms with van der Waals surface area (Å²) >= 11 is 5.58. The molecule has 7 heteroatoms. The number of rotatable bonds is 3. The van der Waals surface area contributed by atoms with Gasteiger partial charge in [-0.1, -0.05) is 16.5 Å². The summed E-state index contributed by atoms with van der Waals surface area (Å²) in [5.41, 5.74) is 0. The molecular weight excluding hydrogens is 233 g/mol. The molecule has 0 radical (unpaired) electrons. The lowest BCUT2D eigenvalue weighted by Gasteiger charge is -2.05. The van der Waals surface area contributed by atoms with Crippen molar-refractivity contribution < 1.29 is 17.6 Å². The first-order chi connectivity index (χ1) is 6.47. The third-order valence-electron chi connectivity index (χ3n) is 1.38. The van der Waals surface area contributed by atoms with Gasteiger partial charge in [-0.15, -0.1) is 0 Å². The van der Waals surface area contributed by atoms with E-state index in [9.17, 15) is 12.8 Å². The third-order valence-corrected chi connectivity index (χ3v) is 3.12. The van der Waals surface area contributed by atoms with Crippen LogP contribution in [-0.4, -0.2) is 15.5 Å². The smallest absolute Gasteiger partial charge is 0.264 e. The number of benzene rings is 1. The lowest BCUT2D eigenvalue weighted by atomic mass is 10.3. The van der Waals surface area contributed by atoms with Gasteiger partial charge in [0.1, 0.15) is 10.7 Å². The fourth-order valence-electron chi connectivity index (χ4n) is 0.838. The average Bonchev–Trinajstić information content (AvgIpc) is 2.09. The Balaban J connectivity index is 3.25. The molecule has 0 heterocycles. The van der Waals surface area contributed by atoms with Crippen molar-refractivity contribution in [3.63, 3.8) is 0 Å². The number of halogens is 2. The van der Waals surface area contributed by atoms with E-state index in [1.54, 1.807) is 4.89 Å². The summed E-state index contributed by atoms with van der Waals surface area (Å²) in [5.74, 6) is -0.689. The van der Waals surface area contributed by atoms with Crippen molar-refractivity contribution in [2.45, 2.75) is 4.90 Å². The minimum atomic E-state index is -3.91. The molecule has 0 atom stereocenters. The Hall–Kier alpha value is -0.690. The first kappa shape index (κ1) is 11.4. The molecule has 0 spiro atoms. The van der Waals surface area contributed by atoms with Crippen molar-refractivity contribution in [3.8, 4) is 0 Å². The minimum absolute atomic E-state index is 0.0732. The molecule has 0 saturated heterocycles. The van der Waals surface area contributed by atoms with Gasteiger partial charge in [0.05, 0.1) is 12.1 Å². The predicted octanol–water partition coefficient (Wildman–Crippen LogP) is 1.32. The van der Waals surface area contributed by atoms with E-state index in [0.29, 0.717) is 0 Å². The maximum Gasteiger partial charge on any atom is 0.264 e. The SMILES string of the molecule is CONS(=O)(=O)c1cc(F)ccc1Cl. The second kappa shape index (κ2) is 4.22. The highest BCUT2D eigenvalue weighted by atomic mass is 35.5. The van der Waals surface area contributed by atoms with E-state index < -0.39 is 15.8 Å². The topological polar surface area (TPSA) is 55.4 Å². The summed E-state index contributed by atoms with van der Waals surface area (Å²) in [6.07, 6.45) is 0. The number of nitrogens with one attached hydrogen (secondary N) is 1. The molecule has 0 amide bonds. The van der Waals surface area contributed by atoms with Crippen LogP contribution in [0.4, 0.5) is 4.39 Å². The van der Waals surface area contributed by atoms with E-state index in [0.717, 1.165) is 25.3 Å². The Bertz CT molecular complexity index is 435. The summed E-state index contributed by atoms with van der Waals surface area (Å²) in [6, 6.07) is 3.03. The molecule has 0 aliphatic carbocycles. The summed E-state index contributed by atoms with van der Waals surface area (Å²) in [5, 5.41) is -0.0732. The van der Waals surface area contributed by atoms with Crippen molar-refractivity contribution in [2.24, 2.45) is 0 Å². The van der Waals surface area contributed by atoms with Gasteiger partial charge in [-0.05, 0) is 18.2 Å². The van der Waals surface area contributed by atoms with Gasteiger partial charge in [-0.3, -0.25) is 4.84 Å². The fourth-order valence-corrected chi connectivity index (χ4v) is 2.16. The summed E-state index contributed by atoms with van der Waals surface area (Å²) in [6.45, 7) is 0. The molecule has 78 valence electrons. The van der Waals surface area contributed by atoms with Crippen molar-refractivity contribution in [1.82, 2.24) is 4.89 Å². The Morgan fingerprint density at radius 2 is 2.14 bits per heavy atom. The first-order valence-electron chi connectivity index (χ1n) is 3.47. The van der Waals surface area contributed by atoms with Gasteiger partial charge >= 0.3 is 0 Å². The van der Waals surface area contributed by atoms with Crippen LogP contribution in [0, 0.1) is 5.82 Å². The third kappa shape index (κ3) is 2.42. The van der Waals surface area contributed by atoms with Crippen LogP contribution < -0.4 is 4.89 Å². The molecule has 4 nitrogen and oxygen atoms in total. The summed E-state index contributed by atoms with van der Waals surface area (Å²) in [7, 11) is -2.78. The average molecular weight is 240 g/mol. The molecule has 0 saturated carbocycles. The normalized spacial score (nSPS) is 11.6. The highest BCUT2D eigenvalue weighted by Crippen LogP contribution is 2.21. The highest BCUT2D eigenvalue weighted by Gasteiger charge is 2.18. The predicted molar refractivity (Wildman–Crippen MR) is 48.7 cm³/mol. The van der Waals surface area contributed by atoms with Gasteiger partial charge < -0.3 is 0 Å². The first-order valence-corrected chi connectivity index (χ1v) is 5.33. The molecule has 1 aromatic rings. The van der Waals surface area contributed by atoms with Crippen LogP contribution in [0.5, 0.6) is 0 Å². The quantitative estimate of drug-likeness (QED) is 0.810. The number of sulfonamides is 1. The zero-order valence-corrected chi connectivity index (χ0v) is 8.69. The maximum atomic E-state index is 12.7. The Morgan fingerprint density at radius 1 is 1.50 bits per heavy atom. The van der Waals surface area contributed by atoms with Crippen molar-refractivity contribution in [1.29, 1.82) is 0 Å². The minimum Gasteiger partial charge on any atom is -0.290 e. The monoisotopic (exact) mass is 239 g/mol. The molecule has 0 aromatic heterocycles. The van der Waals surface area contributed by atoms with Crippen LogP contribution in [0.15, 0.2) is 23.1 Å². The lowest BCUT2D eigenvalue weighted by molar-refractivity contribution is 0.153. The molecule has 1 rings (SSSR count). The molecule has 1 N–H and O–H groups in total. The Labute approximate surface area is 85.6 Å². The molecule has 0 fully saturated rings. The molecular formula is C7H7ClFNO3S. The van der Waals surface area contributed by atoms with E-state index in [4.69, 9.17) is 11.6 Å². The van der Waals surface area contributed by atoms with E-state index >= 15 is 0 Å². The lowest BCUT2D eigenvalue weighted by Crippen LogP contribution is -2.22. The van der Waals surface area contributed by atoms with Crippen molar-refractivity contribution >= 4 is 21.6 Å². The second-order valence-electron chi connectivity index (χ2n) is 2.37. The largest absolute Gasteiger partial charge is 0.290 e. The number of hydrogen-bond acceptors (Lipinski definition) is 3. The van der Waals surface area contributed by atoms with E-state index in [-0.39, 0.29) is 9.92 Å². The van der Waals surface area contributed by atoms with Gasteiger partial charge in [0.2, 0.25) is 0 Å². The highest BCUT2D eigenvalue weighted by molar-refractivity contribution is 7.89. The molecule has 1 aromatic carbocycles. The van der Waals surface area contributed by atoms with Gasteiger partial charge in [-0.25, -0.2) is 12.8 Å². The zero-order chi connectivity index (χ0) is 10.8. The van der Waals surface area contributed by atoms with Gasteiger partial charge in [-0.2, -0.15) is 0 Å². The standard InChI is InChI=1S/C7H7ClFNO3S/c1-13-10-14(11,12)7-4-5(9)2-3-6(7)8/h2-4,10H,1H3. The molecule has 0 bridgehead atoms. The summed E-state index contributed by atoms with van der Waals surface area (Å²) in [4.78, 5) is 5.60. The van der Waals surface area contributed by atoms with Gasteiger partial charge in [0.25, 0.3) is 10.0 Å². The Kier molecular flexibility index (Phi) is 3.43. The van der Waals surface area contributed by atoms with Gasteiger partial charge in [0, 0.05) is 0 Å². The zero-order valence-electron chi connectivity index (χ0n) is 7.12. The van der Waals surface area contributed by atoms with Crippen molar-refractivity contribution in [2.75, 3.05) is 7.11 Å². The molecule has 0 aliphatic rings. The maximum absolute atomic E-state index is 12.7. The van der Waals surface area contributed by atoms with Crippen molar-refractivity contribution in [3.05, 3.63) is 29.0 Å². The van der Waals surface area contributed by atoms with Crippen LogP contribution in [-0.2, 0) is 14.9 Å². The molecule has 14 heavy (non-hydrogen) atoms. The van der Waals surface area contributed by atoms with Gasteiger partial charge in [0.15, 0.2) is 0 Å². The molecule has 0 unspecified atom stereocenters.